The van der Waals surface area contributed by atoms with Gasteiger partial charge in [-0.2, -0.15) is 0 Å². The second-order valence-electron chi connectivity index (χ2n) is 3.96. The zero-order valence-electron chi connectivity index (χ0n) is 10.2. The van der Waals surface area contributed by atoms with Crippen LogP contribution in [0.3, 0.4) is 0 Å². The summed E-state index contributed by atoms with van der Waals surface area (Å²) in [4.78, 5) is 4.31. The number of aryl methyl sites for hydroxylation is 1. The van der Waals surface area contributed by atoms with Crippen molar-refractivity contribution in [1.82, 2.24) is 9.55 Å². The lowest BCUT2D eigenvalue weighted by molar-refractivity contribution is 0.622. The third-order valence-electron chi connectivity index (χ3n) is 2.71. The van der Waals surface area contributed by atoms with Gasteiger partial charge >= 0.3 is 0 Å². The average molecular weight is 343 g/mol. The number of hydrogen-bond acceptors (Lipinski definition) is 3. The summed E-state index contributed by atoms with van der Waals surface area (Å²) in [5.41, 5.74) is 6.36. The van der Waals surface area contributed by atoms with Crippen LogP contribution >= 0.6 is 28.1 Å². The predicted molar refractivity (Wildman–Crippen MR) is 80.5 cm³/mol. The zero-order chi connectivity index (χ0) is 14.0. The SMILES string of the molecule is Cn1ccnc1CNc1ccc(C(N)=S)c(Br)c1F. The number of nitrogens with one attached hydrogen (secondary N) is 1. The summed E-state index contributed by atoms with van der Waals surface area (Å²) in [6, 6.07) is 3.29. The maximum Gasteiger partial charge on any atom is 0.161 e. The highest BCUT2D eigenvalue weighted by molar-refractivity contribution is 9.10. The second kappa shape index (κ2) is 5.66. The van der Waals surface area contributed by atoms with Gasteiger partial charge in [0.1, 0.15) is 10.8 Å². The van der Waals surface area contributed by atoms with Gasteiger partial charge in [0.2, 0.25) is 0 Å². The fraction of sp³-hybridized carbons (Fsp3) is 0.167. The van der Waals surface area contributed by atoms with E-state index in [1.807, 2.05) is 17.8 Å². The van der Waals surface area contributed by atoms with Gasteiger partial charge in [0.05, 0.1) is 16.7 Å². The molecule has 1 aromatic carbocycles. The highest BCUT2D eigenvalue weighted by Gasteiger charge is 2.13. The molecule has 1 heterocycles. The van der Waals surface area contributed by atoms with Crippen molar-refractivity contribution in [3.8, 4) is 0 Å². The van der Waals surface area contributed by atoms with Crippen molar-refractivity contribution in [3.05, 3.63) is 46.2 Å². The van der Waals surface area contributed by atoms with Gasteiger partial charge in [-0.25, -0.2) is 9.37 Å². The molecule has 100 valence electrons. The first-order valence-corrected chi connectivity index (χ1v) is 6.68. The van der Waals surface area contributed by atoms with Crippen molar-refractivity contribution in [3.63, 3.8) is 0 Å². The van der Waals surface area contributed by atoms with Gasteiger partial charge in [0.15, 0.2) is 5.82 Å². The molecule has 0 saturated carbocycles. The largest absolute Gasteiger partial charge is 0.389 e. The molecule has 2 rings (SSSR count). The van der Waals surface area contributed by atoms with Crippen molar-refractivity contribution in [2.75, 3.05) is 5.32 Å². The summed E-state index contributed by atoms with van der Waals surface area (Å²) in [7, 11) is 1.88. The van der Waals surface area contributed by atoms with E-state index >= 15 is 0 Å². The molecule has 0 fully saturated rings. The first-order chi connectivity index (χ1) is 9.00. The number of anilines is 1. The normalized spacial score (nSPS) is 10.5. The fourth-order valence-corrected chi connectivity index (χ4v) is 2.48. The van der Waals surface area contributed by atoms with Crippen LogP contribution in [0.1, 0.15) is 11.4 Å². The molecule has 0 saturated heterocycles. The van der Waals surface area contributed by atoms with Crippen LogP contribution in [0.5, 0.6) is 0 Å². The van der Waals surface area contributed by atoms with E-state index < -0.39 is 5.82 Å². The Morgan fingerprint density at radius 3 is 2.89 bits per heavy atom. The number of aromatic nitrogens is 2. The first-order valence-electron chi connectivity index (χ1n) is 5.48. The number of rotatable bonds is 4. The van der Waals surface area contributed by atoms with E-state index in [1.54, 1.807) is 18.3 Å². The van der Waals surface area contributed by atoms with Crippen LogP contribution in [0.4, 0.5) is 10.1 Å². The van der Waals surface area contributed by atoms with Crippen LogP contribution in [0.25, 0.3) is 0 Å². The van der Waals surface area contributed by atoms with E-state index in [-0.39, 0.29) is 9.46 Å². The van der Waals surface area contributed by atoms with Crippen LogP contribution < -0.4 is 11.1 Å². The molecule has 7 heteroatoms. The Hall–Kier alpha value is -1.47. The molecule has 0 amide bonds. The van der Waals surface area contributed by atoms with Crippen LogP contribution in [-0.4, -0.2) is 14.5 Å². The van der Waals surface area contributed by atoms with Gasteiger partial charge in [-0.3, -0.25) is 0 Å². The molecule has 19 heavy (non-hydrogen) atoms. The number of halogens is 2. The second-order valence-corrected chi connectivity index (χ2v) is 5.19. The quantitative estimate of drug-likeness (QED) is 0.838. The number of thiocarbonyl (C=S) groups is 1. The van der Waals surface area contributed by atoms with Crippen molar-refractivity contribution < 1.29 is 4.39 Å². The van der Waals surface area contributed by atoms with E-state index in [1.165, 1.54) is 0 Å². The minimum atomic E-state index is -0.417. The van der Waals surface area contributed by atoms with E-state index in [0.717, 1.165) is 5.82 Å². The Kier molecular flexibility index (Phi) is 4.16. The van der Waals surface area contributed by atoms with Crippen LogP contribution in [0.15, 0.2) is 29.0 Å². The Bertz CT molecular complexity index is 626. The third-order valence-corrected chi connectivity index (χ3v) is 3.70. The number of benzene rings is 1. The molecule has 0 atom stereocenters. The van der Waals surface area contributed by atoms with Crippen LogP contribution in [-0.2, 0) is 13.6 Å². The molecule has 0 aliphatic rings. The summed E-state index contributed by atoms with van der Waals surface area (Å²) < 4.78 is 16.2. The molecular formula is C12H12BrFN4S. The van der Waals surface area contributed by atoms with E-state index in [4.69, 9.17) is 18.0 Å². The maximum absolute atomic E-state index is 14.1. The summed E-state index contributed by atoms with van der Waals surface area (Å²) in [6.07, 6.45) is 3.53. The third kappa shape index (κ3) is 2.93. The summed E-state index contributed by atoms with van der Waals surface area (Å²) in [5, 5.41) is 2.99. The van der Waals surface area contributed by atoms with Crippen molar-refractivity contribution in [2.45, 2.75) is 6.54 Å². The summed E-state index contributed by atoms with van der Waals surface area (Å²) in [5.74, 6) is 0.397. The zero-order valence-corrected chi connectivity index (χ0v) is 12.6. The molecule has 2 aromatic rings. The van der Waals surface area contributed by atoms with Gasteiger partial charge in [0, 0.05) is 25.0 Å². The molecule has 0 spiro atoms. The molecule has 0 unspecified atom stereocenters. The molecule has 0 aliphatic heterocycles. The predicted octanol–water partition coefficient (Wildman–Crippen LogP) is 2.57. The summed E-state index contributed by atoms with van der Waals surface area (Å²) in [6.45, 7) is 0.430. The Morgan fingerprint density at radius 1 is 1.58 bits per heavy atom. The van der Waals surface area contributed by atoms with Crippen molar-refractivity contribution in [1.29, 1.82) is 0 Å². The molecule has 3 N–H and O–H groups in total. The molecule has 0 aliphatic carbocycles. The Morgan fingerprint density at radius 2 is 2.32 bits per heavy atom. The standard InChI is InChI=1S/C12H12BrFN4S/c1-18-5-4-16-9(18)6-17-8-3-2-7(12(15)19)10(13)11(8)14/h2-5,17H,6H2,1H3,(H2,15,19). The van der Waals surface area contributed by atoms with Gasteiger partial charge < -0.3 is 15.6 Å². The lowest BCUT2D eigenvalue weighted by Crippen LogP contribution is -2.12. The average Bonchev–Trinajstić information content (AvgIpc) is 2.76. The smallest absolute Gasteiger partial charge is 0.161 e. The first kappa shape index (κ1) is 14.0. The number of hydrogen-bond donors (Lipinski definition) is 2. The highest BCUT2D eigenvalue weighted by Crippen LogP contribution is 2.27. The van der Waals surface area contributed by atoms with Crippen LogP contribution in [0, 0.1) is 5.82 Å². The van der Waals surface area contributed by atoms with E-state index in [2.05, 4.69) is 26.2 Å². The minimum absolute atomic E-state index is 0.154. The molecule has 0 bridgehead atoms. The molecule has 0 radical (unpaired) electrons. The van der Waals surface area contributed by atoms with Gasteiger partial charge in [-0.1, -0.05) is 12.2 Å². The topological polar surface area (TPSA) is 55.9 Å². The Labute approximate surface area is 124 Å². The summed E-state index contributed by atoms with van der Waals surface area (Å²) >= 11 is 8.01. The number of nitrogens with zero attached hydrogens (tertiary/aromatic N) is 2. The maximum atomic E-state index is 14.1. The molecule has 4 nitrogen and oxygen atoms in total. The van der Waals surface area contributed by atoms with E-state index in [9.17, 15) is 4.39 Å². The van der Waals surface area contributed by atoms with Crippen molar-refractivity contribution >= 4 is 38.8 Å². The van der Waals surface area contributed by atoms with Crippen LogP contribution in [0.2, 0.25) is 0 Å². The molecule has 1 aromatic heterocycles. The van der Waals surface area contributed by atoms with Gasteiger partial charge in [0.25, 0.3) is 0 Å². The lowest BCUT2D eigenvalue weighted by Gasteiger charge is -2.11. The number of imidazole rings is 1. The van der Waals surface area contributed by atoms with Gasteiger partial charge in [-0.15, -0.1) is 0 Å². The number of nitrogens with two attached hydrogens (primary N) is 1. The molecular weight excluding hydrogens is 331 g/mol. The lowest BCUT2D eigenvalue weighted by atomic mass is 10.2. The monoisotopic (exact) mass is 342 g/mol. The minimum Gasteiger partial charge on any atom is -0.389 e. The Balaban J connectivity index is 2.20. The highest BCUT2D eigenvalue weighted by atomic mass is 79.9. The van der Waals surface area contributed by atoms with E-state index in [0.29, 0.717) is 17.8 Å². The van der Waals surface area contributed by atoms with Crippen molar-refractivity contribution in [2.24, 2.45) is 12.8 Å². The fourth-order valence-electron chi connectivity index (χ4n) is 1.62. The van der Waals surface area contributed by atoms with Gasteiger partial charge in [-0.05, 0) is 28.1 Å².